The molecule has 1 aliphatic rings. The summed E-state index contributed by atoms with van der Waals surface area (Å²) < 4.78 is 0.711. The Kier molecular flexibility index (Phi) is 7.29. The third-order valence-electron chi connectivity index (χ3n) is 3.19. The van der Waals surface area contributed by atoms with Gasteiger partial charge in [-0.15, -0.1) is 23.7 Å². The van der Waals surface area contributed by atoms with Crippen LogP contribution in [0.3, 0.4) is 0 Å². The maximum atomic E-state index is 6.20. The minimum Gasteiger partial charge on any atom is -0.315 e. The summed E-state index contributed by atoms with van der Waals surface area (Å²) in [5, 5.41) is 6.24. The van der Waals surface area contributed by atoms with E-state index in [9.17, 15) is 0 Å². The van der Waals surface area contributed by atoms with Gasteiger partial charge in [-0.05, 0) is 36.9 Å². The molecule has 1 fully saturated rings. The van der Waals surface area contributed by atoms with Crippen molar-refractivity contribution in [1.82, 2.24) is 10.2 Å². The maximum Gasteiger partial charge on any atom is 0.112 e. The van der Waals surface area contributed by atoms with Crippen LogP contribution in [-0.2, 0) is 6.54 Å². The van der Waals surface area contributed by atoms with Crippen LogP contribution < -0.4 is 5.32 Å². The third-order valence-corrected chi connectivity index (χ3v) is 5.10. The van der Waals surface area contributed by atoms with Gasteiger partial charge < -0.3 is 5.32 Å². The first-order chi connectivity index (χ1) is 8.22. The lowest BCUT2D eigenvalue weighted by molar-refractivity contribution is 0.200. The zero-order valence-electron chi connectivity index (χ0n) is 10.4. The van der Waals surface area contributed by atoms with Crippen LogP contribution in [-0.4, -0.2) is 30.6 Å². The van der Waals surface area contributed by atoms with Crippen LogP contribution in [0.25, 0.3) is 0 Å². The lowest BCUT2D eigenvalue weighted by Crippen LogP contribution is -2.36. The Bertz CT molecular complexity index is 364. The quantitative estimate of drug-likeness (QED) is 0.876. The fraction of sp³-hybridized carbons (Fsp3) is 0.667. The minimum absolute atomic E-state index is 0. The molecular weight excluding hydrogens is 311 g/mol. The number of rotatable bonds is 5. The van der Waals surface area contributed by atoms with Gasteiger partial charge in [-0.25, -0.2) is 0 Å². The second kappa shape index (κ2) is 7.93. The van der Waals surface area contributed by atoms with Gasteiger partial charge in [0, 0.05) is 19.1 Å². The van der Waals surface area contributed by atoms with Crippen LogP contribution in [0, 0.1) is 0 Å². The van der Waals surface area contributed by atoms with Gasteiger partial charge >= 0.3 is 0 Å². The number of hydrogen-bond acceptors (Lipinski definition) is 3. The Labute approximate surface area is 129 Å². The molecule has 1 aromatic rings. The molecule has 0 radical (unpaired) electrons. The first kappa shape index (κ1) is 16.5. The Morgan fingerprint density at radius 3 is 2.78 bits per heavy atom. The van der Waals surface area contributed by atoms with Gasteiger partial charge in [0.05, 0.1) is 5.02 Å². The number of halogens is 3. The molecule has 104 valence electrons. The molecule has 0 saturated carbocycles. The predicted molar refractivity (Wildman–Crippen MR) is 83.6 cm³/mol. The second-order valence-electron chi connectivity index (χ2n) is 4.47. The lowest BCUT2D eigenvalue weighted by Gasteiger charge is -2.27. The summed E-state index contributed by atoms with van der Waals surface area (Å²) in [7, 11) is 0. The first-order valence-electron chi connectivity index (χ1n) is 6.08. The topological polar surface area (TPSA) is 15.3 Å². The van der Waals surface area contributed by atoms with Crippen molar-refractivity contribution in [3.8, 4) is 0 Å². The molecule has 1 saturated heterocycles. The number of nitrogens with one attached hydrogen (secondary N) is 1. The Morgan fingerprint density at radius 2 is 2.28 bits per heavy atom. The molecule has 1 N–H and O–H groups in total. The zero-order valence-corrected chi connectivity index (χ0v) is 13.6. The Morgan fingerprint density at radius 1 is 1.50 bits per heavy atom. The predicted octanol–water partition coefficient (Wildman–Crippen LogP) is 4.05. The summed E-state index contributed by atoms with van der Waals surface area (Å²) in [5.41, 5.74) is 1.17. The molecule has 1 unspecified atom stereocenters. The van der Waals surface area contributed by atoms with E-state index in [1.165, 1.54) is 29.7 Å². The van der Waals surface area contributed by atoms with Gasteiger partial charge in [-0.2, -0.15) is 0 Å². The van der Waals surface area contributed by atoms with Crippen LogP contribution in [0.1, 0.15) is 25.3 Å². The fourth-order valence-corrected chi connectivity index (χ4v) is 3.55. The first-order valence-corrected chi connectivity index (χ1v) is 7.72. The van der Waals surface area contributed by atoms with E-state index < -0.39 is 0 Å². The standard InChI is InChI=1S/C12H18Cl2N2S.ClH/c1-2-5-16(10-3-4-15-6-10)7-9-8-17-12(14)11(9)13;/h8,10,15H,2-7H2,1H3;1H. The van der Waals surface area contributed by atoms with Crippen LogP contribution >= 0.6 is 46.9 Å². The highest BCUT2D eigenvalue weighted by molar-refractivity contribution is 7.15. The molecule has 2 nitrogen and oxygen atoms in total. The van der Waals surface area contributed by atoms with Crippen molar-refractivity contribution in [1.29, 1.82) is 0 Å². The summed E-state index contributed by atoms with van der Waals surface area (Å²) in [5.74, 6) is 0. The summed E-state index contributed by atoms with van der Waals surface area (Å²) >= 11 is 13.7. The highest BCUT2D eigenvalue weighted by Crippen LogP contribution is 2.33. The Hall–Kier alpha value is 0.490. The smallest absolute Gasteiger partial charge is 0.112 e. The van der Waals surface area contributed by atoms with Crippen molar-refractivity contribution < 1.29 is 0 Å². The fourth-order valence-electron chi connectivity index (χ4n) is 2.31. The van der Waals surface area contributed by atoms with Gasteiger partial charge in [-0.3, -0.25) is 4.90 Å². The van der Waals surface area contributed by atoms with E-state index in [1.54, 1.807) is 0 Å². The van der Waals surface area contributed by atoms with E-state index in [1.807, 2.05) is 0 Å². The van der Waals surface area contributed by atoms with Crippen molar-refractivity contribution in [3.05, 3.63) is 20.3 Å². The lowest BCUT2D eigenvalue weighted by atomic mass is 10.2. The van der Waals surface area contributed by atoms with Gasteiger partial charge in [0.25, 0.3) is 0 Å². The summed E-state index contributed by atoms with van der Waals surface area (Å²) in [6.07, 6.45) is 2.40. The average Bonchev–Trinajstić information content (AvgIpc) is 2.93. The van der Waals surface area contributed by atoms with Gasteiger partial charge in [-0.1, -0.05) is 30.1 Å². The summed E-state index contributed by atoms with van der Waals surface area (Å²) in [6, 6.07) is 0.643. The van der Waals surface area contributed by atoms with E-state index in [2.05, 4.69) is 22.5 Å². The van der Waals surface area contributed by atoms with E-state index in [-0.39, 0.29) is 12.4 Å². The van der Waals surface area contributed by atoms with Crippen molar-refractivity contribution in [2.45, 2.75) is 32.4 Å². The van der Waals surface area contributed by atoms with Gasteiger partial charge in [0.1, 0.15) is 4.34 Å². The van der Waals surface area contributed by atoms with Gasteiger partial charge in [0.15, 0.2) is 0 Å². The maximum absolute atomic E-state index is 6.20. The van der Waals surface area contributed by atoms with E-state index >= 15 is 0 Å². The van der Waals surface area contributed by atoms with Crippen LogP contribution in [0.5, 0.6) is 0 Å². The molecule has 0 amide bonds. The van der Waals surface area contributed by atoms with Crippen LogP contribution in [0.15, 0.2) is 5.38 Å². The molecule has 1 atom stereocenters. The van der Waals surface area contributed by atoms with Crippen molar-refractivity contribution in [3.63, 3.8) is 0 Å². The molecule has 6 heteroatoms. The van der Waals surface area contributed by atoms with Crippen LogP contribution in [0.2, 0.25) is 9.36 Å². The monoisotopic (exact) mass is 328 g/mol. The molecule has 2 heterocycles. The molecule has 1 aromatic heterocycles. The number of thiophene rings is 1. The highest BCUT2D eigenvalue weighted by atomic mass is 35.5. The van der Waals surface area contributed by atoms with E-state index in [0.29, 0.717) is 10.4 Å². The highest BCUT2D eigenvalue weighted by Gasteiger charge is 2.23. The second-order valence-corrected chi connectivity index (χ2v) is 6.33. The summed E-state index contributed by atoms with van der Waals surface area (Å²) in [4.78, 5) is 2.52. The summed E-state index contributed by atoms with van der Waals surface area (Å²) in [6.45, 7) is 6.48. The molecule has 0 aliphatic carbocycles. The molecule has 1 aliphatic heterocycles. The molecule has 0 spiro atoms. The number of hydrogen-bond donors (Lipinski definition) is 1. The van der Waals surface area contributed by atoms with Crippen molar-refractivity contribution in [2.75, 3.05) is 19.6 Å². The molecular formula is C12H19Cl3N2S. The Balaban J connectivity index is 0.00000162. The van der Waals surface area contributed by atoms with Crippen molar-refractivity contribution >= 4 is 46.9 Å². The SMILES string of the molecule is CCCN(Cc1csc(Cl)c1Cl)C1CCNC1.Cl. The third kappa shape index (κ3) is 3.99. The van der Waals surface area contributed by atoms with Crippen LogP contribution in [0.4, 0.5) is 0 Å². The minimum atomic E-state index is 0. The average molecular weight is 330 g/mol. The number of nitrogens with zero attached hydrogens (tertiary/aromatic N) is 1. The van der Waals surface area contributed by atoms with E-state index in [4.69, 9.17) is 23.2 Å². The normalized spacial score (nSPS) is 19.2. The van der Waals surface area contributed by atoms with E-state index in [0.717, 1.165) is 31.2 Å². The van der Waals surface area contributed by atoms with Gasteiger partial charge in [0.2, 0.25) is 0 Å². The van der Waals surface area contributed by atoms with Crippen molar-refractivity contribution in [2.24, 2.45) is 0 Å². The molecule has 2 rings (SSSR count). The molecule has 18 heavy (non-hydrogen) atoms. The molecule has 0 aromatic carbocycles. The zero-order chi connectivity index (χ0) is 12.3. The largest absolute Gasteiger partial charge is 0.315 e. The molecule has 0 bridgehead atoms.